The normalized spacial score (nSPS) is 19.0. The SMILES string of the molecule is CCC1(CC)CCN(S(=O)(=O)c2cc(N)c(F)cc2C)C1. The second-order valence-corrected chi connectivity index (χ2v) is 7.84. The van der Waals surface area contributed by atoms with Gasteiger partial charge in [-0.15, -0.1) is 0 Å². The third-order valence-corrected chi connectivity index (χ3v) is 6.80. The van der Waals surface area contributed by atoms with E-state index >= 15 is 0 Å². The fourth-order valence-electron chi connectivity index (χ4n) is 3.01. The van der Waals surface area contributed by atoms with Gasteiger partial charge >= 0.3 is 0 Å². The van der Waals surface area contributed by atoms with Gasteiger partial charge in [-0.2, -0.15) is 4.31 Å². The molecule has 2 N–H and O–H groups in total. The highest BCUT2D eigenvalue weighted by molar-refractivity contribution is 7.89. The third-order valence-electron chi connectivity index (χ3n) is 4.82. The van der Waals surface area contributed by atoms with Crippen LogP contribution in [0.5, 0.6) is 0 Å². The van der Waals surface area contributed by atoms with Crippen molar-refractivity contribution in [1.82, 2.24) is 4.31 Å². The van der Waals surface area contributed by atoms with E-state index in [4.69, 9.17) is 5.73 Å². The first kappa shape index (κ1) is 16.2. The van der Waals surface area contributed by atoms with Crippen molar-refractivity contribution >= 4 is 15.7 Å². The van der Waals surface area contributed by atoms with E-state index in [-0.39, 0.29) is 16.0 Å². The smallest absolute Gasteiger partial charge is 0.243 e. The fourth-order valence-corrected chi connectivity index (χ4v) is 4.81. The van der Waals surface area contributed by atoms with E-state index in [9.17, 15) is 12.8 Å². The van der Waals surface area contributed by atoms with Crippen LogP contribution in [-0.2, 0) is 10.0 Å². The Labute approximate surface area is 126 Å². The van der Waals surface area contributed by atoms with Crippen LogP contribution in [0.1, 0.15) is 38.7 Å². The highest BCUT2D eigenvalue weighted by Gasteiger charge is 2.41. The van der Waals surface area contributed by atoms with Gasteiger partial charge < -0.3 is 5.73 Å². The summed E-state index contributed by atoms with van der Waals surface area (Å²) in [5, 5.41) is 0. The summed E-state index contributed by atoms with van der Waals surface area (Å²) in [5.74, 6) is -0.579. The van der Waals surface area contributed by atoms with Crippen LogP contribution in [0.25, 0.3) is 0 Å². The van der Waals surface area contributed by atoms with Crippen molar-refractivity contribution in [1.29, 1.82) is 0 Å². The largest absolute Gasteiger partial charge is 0.396 e. The van der Waals surface area contributed by atoms with Crippen molar-refractivity contribution < 1.29 is 12.8 Å². The first-order chi connectivity index (χ1) is 9.75. The lowest BCUT2D eigenvalue weighted by Gasteiger charge is -2.26. The number of rotatable bonds is 4. The zero-order valence-electron chi connectivity index (χ0n) is 12.8. The Morgan fingerprint density at radius 2 is 1.95 bits per heavy atom. The Bertz CT molecular complexity index is 639. The summed E-state index contributed by atoms with van der Waals surface area (Å²) >= 11 is 0. The number of sulfonamides is 1. The van der Waals surface area contributed by atoms with E-state index in [1.54, 1.807) is 6.92 Å². The topological polar surface area (TPSA) is 63.4 Å². The molecule has 0 aromatic heterocycles. The Morgan fingerprint density at radius 1 is 1.33 bits per heavy atom. The summed E-state index contributed by atoms with van der Waals surface area (Å²) in [4.78, 5) is 0.115. The number of nitrogens with zero attached hydrogens (tertiary/aromatic N) is 1. The molecule has 118 valence electrons. The molecule has 6 heteroatoms. The Hall–Kier alpha value is -1.14. The van der Waals surface area contributed by atoms with Gasteiger partial charge in [0.1, 0.15) is 5.82 Å². The van der Waals surface area contributed by atoms with Crippen LogP contribution in [0, 0.1) is 18.2 Å². The maximum atomic E-state index is 13.4. The molecule has 0 radical (unpaired) electrons. The third kappa shape index (κ3) is 2.79. The van der Waals surface area contributed by atoms with Crippen molar-refractivity contribution in [2.45, 2.75) is 44.9 Å². The second-order valence-electron chi connectivity index (χ2n) is 5.93. The van der Waals surface area contributed by atoms with Gasteiger partial charge in [0, 0.05) is 13.1 Å². The summed E-state index contributed by atoms with van der Waals surface area (Å²) in [5.41, 5.74) is 5.86. The lowest BCUT2D eigenvalue weighted by molar-refractivity contribution is 0.279. The van der Waals surface area contributed by atoms with Crippen LogP contribution in [-0.4, -0.2) is 25.8 Å². The number of nitrogen functional groups attached to an aromatic ring is 1. The predicted molar refractivity (Wildman–Crippen MR) is 81.9 cm³/mol. The van der Waals surface area contributed by atoms with Gasteiger partial charge in [0.15, 0.2) is 0 Å². The Balaban J connectivity index is 2.38. The molecule has 2 rings (SSSR count). The summed E-state index contributed by atoms with van der Waals surface area (Å²) < 4.78 is 40.5. The van der Waals surface area contributed by atoms with Gasteiger partial charge in [-0.25, -0.2) is 12.8 Å². The monoisotopic (exact) mass is 314 g/mol. The number of nitrogens with two attached hydrogens (primary N) is 1. The molecule has 1 aromatic rings. The number of anilines is 1. The molecular formula is C15H23FN2O2S. The van der Waals surface area contributed by atoms with Crippen LogP contribution in [0.2, 0.25) is 0 Å². The first-order valence-electron chi connectivity index (χ1n) is 7.31. The summed E-state index contributed by atoms with van der Waals surface area (Å²) in [6.45, 7) is 6.83. The van der Waals surface area contributed by atoms with Crippen molar-refractivity contribution in [3.05, 3.63) is 23.5 Å². The van der Waals surface area contributed by atoms with E-state index < -0.39 is 15.8 Å². The number of hydrogen-bond donors (Lipinski definition) is 1. The van der Waals surface area contributed by atoms with Crippen molar-refractivity contribution in [2.75, 3.05) is 18.8 Å². The van der Waals surface area contributed by atoms with E-state index in [0.29, 0.717) is 18.7 Å². The molecule has 0 unspecified atom stereocenters. The van der Waals surface area contributed by atoms with Crippen molar-refractivity contribution in [3.8, 4) is 0 Å². The van der Waals surface area contributed by atoms with Gasteiger partial charge in [-0.3, -0.25) is 0 Å². The highest BCUT2D eigenvalue weighted by Crippen LogP contribution is 2.39. The van der Waals surface area contributed by atoms with Gasteiger partial charge in [0.25, 0.3) is 0 Å². The van der Waals surface area contributed by atoms with Crippen LogP contribution in [0.4, 0.5) is 10.1 Å². The van der Waals surface area contributed by atoms with E-state index in [0.717, 1.165) is 19.3 Å². The number of benzene rings is 1. The van der Waals surface area contributed by atoms with Crippen LogP contribution < -0.4 is 5.73 Å². The number of hydrogen-bond acceptors (Lipinski definition) is 3. The molecule has 0 bridgehead atoms. The molecule has 0 aliphatic carbocycles. The summed E-state index contributed by atoms with van der Waals surface area (Å²) in [6.07, 6.45) is 2.79. The van der Waals surface area contributed by atoms with Gasteiger partial charge in [-0.1, -0.05) is 13.8 Å². The molecule has 1 aromatic carbocycles. The molecule has 0 atom stereocenters. The Morgan fingerprint density at radius 3 is 2.48 bits per heavy atom. The van der Waals surface area contributed by atoms with E-state index in [2.05, 4.69) is 13.8 Å². The Kier molecular flexibility index (Phi) is 4.31. The minimum atomic E-state index is -3.61. The average Bonchev–Trinajstić information content (AvgIpc) is 2.88. The van der Waals surface area contributed by atoms with E-state index in [1.807, 2.05) is 0 Å². The second kappa shape index (κ2) is 5.57. The molecule has 1 saturated heterocycles. The molecule has 21 heavy (non-hydrogen) atoms. The molecule has 0 spiro atoms. The lowest BCUT2D eigenvalue weighted by Crippen LogP contribution is -2.32. The maximum Gasteiger partial charge on any atom is 0.243 e. The first-order valence-corrected chi connectivity index (χ1v) is 8.75. The zero-order valence-corrected chi connectivity index (χ0v) is 13.6. The molecule has 0 amide bonds. The predicted octanol–water partition coefficient (Wildman–Crippen LogP) is 2.92. The van der Waals surface area contributed by atoms with Gasteiger partial charge in [-0.05, 0) is 49.3 Å². The highest BCUT2D eigenvalue weighted by atomic mass is 32.2. The minimum Gasteiger partial charge on any atom is -0.396 e. The molecule has 4 nitrogen and oxygen atoms in total. The van der Waals surface area contributed by atoms with Crippen LogP contribution in [0.15, 0.2) is 17.0 Å². The minimum absolute atomic E-state index is 0.0621. The van der Waals surface area contributed by atoms with Crippen molar-refractivity contribution in [2.24, 2.45) is 5.41 Å². The van der Waals surface area contributed by atoms with Crippen LogP contribution in [0.3, 0.4) is 0 Å². The van der Waals surface area contributed by atoms with E-state index in [1.165, 1.54) is 16.4 Å². The van der Waals surface area contributed by atoms with Gasteiger partial charge in [0.2, 0.25) is 10.0 Å². The molecule has 1 heterocycles. The summed E-state index contributed by atoms with van der Waals surface area (Å²) in [6, 6.07) is 2.42. The van der Waals surface area contributed by atoms with Crippen molar-refractivity contribution in [3.63, 3.8) is 0 Å². The molecule has 0 saturated carbocycles. The number of aryl methyl sites for hydroxylation is 1. The standard InChI is InChI=1S/C15H23FN2O2S/c1-4-15(5-2)6-7-18(10-15)21(19,20)14-9-13(17)12(16)8-11(14)3/h8-9H,4-7,10,17H2,1-3H3. The molecule has 1 aliphatic heterocycles. The average molecular weight is 314 g/mol. The van der Waals surface area contributed by atoms with Gasteiger partial charge in [0.05, 0.1) is 10.6 Å². The molecule has 1 fully saturated rings. The summed E-state index contributed by atoms with van der Waals surface area (Å²) in [7, 11) is -3.61. The maximum absolute atomic E-state index is 13.4. The zero-order chi connectivity index (χ0) is 15.8. The molecular weight excluding hydrogens is 291 g/mol. The lowest BCUT2D eigenvalue weighted by atomic mass is 9.82. The van der Waals surface area contributed by atoms with Crippen LogP contribution >= 0.6 is 0 Å². The number of halogens is 1. The fraction of sp³-hybridized carbons (Fsp3) is 0.600. The quantitative estimate of drug-likeness (QED) is 0.869. The molecule has 1 aliphatic rings.